The van der Waals surface area contributed by atoms with Gasteiger partial charge in [-0.05, 0) is 32.0 Å². The summed E-state index contributed by atoms with van der Waals surface area (Å²) in [6.07, 6.45) is 0.707. The van der Waals surface area contributed by atoms with Gasteiger partial charge in [0.15, 0.2) is 5.82 Å². The summed E-state index contributed by atoms with van der Waals surface area (Å²) in [5, 5.41) is 7.78. The van der Waals surface area contributed by atoms with Crippen molar-refractivity contribution in [2.24, 2.45) is 0 Å². The van der Waals surface area contributed by atoms with Gasteiger partial charge in [0.2, 0.25) is 5.95 Å². The second-order valence-corrected chi connectivity index (χ2v) is 5.56. The van der Waals surface area contributed by atoms with Crippen LogP contribution in [0.25, 0.3) is 16.8 Å². The van der Waals surface area contributed by atoms with E-state index in [4.69, 9.17) is 0 Å². The summed E-state index contributed by atoms with van der Waals surface area (Å²) >= 11 is 0. The van der Waals surface area contributed by atoms with Crippen LogP contribution in [0.5, 0.6) is 0 Å². The molecule has 0 spiro atoms. The van der Waals surface area contributed by atoms with Crippen molar-refractivity contribution in [3.05, 3.63) is 47.5 Å². The highest BCUT2D eigenvalue weighted by atomic mass is 15.3. The van der Waals surface area contributed by atoms with E-state index in [1.54, 1.807) is 4.52 Å². The summed E-state index contributed by atoms with van der Waals surface area (Å²) < 4.78 is 1.78. The van der Waals surface area contributed by atoms with E-state index >= 15 is 0 Å². The number of fused-ring (bicyclic) bond motifs is 2. The van der Waals surface area contributed by atoms with E-state index in [9.17, 15) is 0 Å². The summed E-state index contributed by atoms with van der Waals surface area (Å²) in [5.41, 5.74) is 3.97. The van der Waals surface area contributed by atoms with E-state index in [0.717, 1.165) is 34.2 Å². The number of aromatic amines is 1. The zero-order chi connectivity index (χ0) is 15.8. The third-order valence-electron chi connectivity index (χ3n) is 3.69. The van der Waals surface area contributed by atoms with Gasteiger partial charge in [0.05, 0.1) is 11.0 Å². The van der Waals surface area contributed by atoms with Crippen LogP contribution in [0.1, 0.15) is 17.2 Å². The lowest BCUT2D eigenvalue weighted by atomic mass is 10.3. The zero-order valence-corrected chi connectivity index (χ0v) is 13.0. The number of para-hydroxylation sites is 2. The first kappa shape index (κ1) is 13.7. The van der Waals surface area contributed by atoms with Crippen LogP contribution in [0.2, 0.25) is 0 Å². The second-order valence-electron chi connectivity index (χ2n) is 5.56. The fourth-order valence-electron chi connectivity index (χ4n) is 2.64. The first-order chi connectivity index (χ1) is 11.2. The average molecular weight is 307 g/mol. The van der Waals surface area contributed by atoms with Crippen LogP contribution in [0.15, 0.2) is 30.3 Å². The molecule has 4 aromatic rings. The van der Waals surface area contributed by atoms with Gasteiger partial charge < -0.3 is 10.3 Å². The Balaban J connectivity index is 1.47. The van der Waals surface area contributed by atoms with Gasteiger partial charge in [0.1, 0.15) is 0 Å². The Morgan fingerprint density at radius 1 is 1.13 bits per heavy atom. The van der Waals surface area contributed by atoms with Gasteiger partial charge >= 0.3 is 0 Å². The number of H-pyrrole nitrogens is 1. The van der Waals surface area contributed by atoms with Gasteiger partial charge in [-0.25, -0.2) is 14.5 Å². The summed E-state index contributed by atoms with van der Waals surface area (Å²) in [5.74, 6) is 2.19. The van der Waals surface area contributed by atoms with Crippen molar-refractivity contribution in [2.45, 2.75) is 20.3 Å². The minimum Gasteiger partial charge on any atom is -0.355 e. The summed E-state index contributed by atoms with van der Waals surface area (Å²) in [4.78, 5) is 16.6. The highest BCUT2D eigenvalue weighted by Crippen LogP contribution is 2.13. The molecule has 0 fully saturated rings. The smallest absolute Gasteiger partial charge is 0.252 e. The molecule has 0 aliphatic rings. The number of benzene rings is 1. The van der Waals surface area contributed by atoms with Crippen molar-refractivity contribution < 1.29 is 0 Å². The first-order valence-electron chi connectivity index (χ1n) is 7.57. The predicted octanol–water partition coefficient (Wildman–Crippen LogP) is 2.27. The molecule has 0 amide bonds. The topological polar surface area (TPSA) is 83.8 Å². The monoisotopic (exact) mass is 307 g/mol. The molecule has 3 aromatic heterocycles. The fraction of sp³-hybridized carbons (Fsp3) is 0.250. The largest absolute Gasteiger partial charge is 0.355 e. The van der Waals surface area contributed by atoms with E-state index < -0.39 is 0 Å². The average Bonchev–Trinajstić information content (AvgIpc) is 3.10. The van der Waals surface area contributed by atoms with Crippen molar-refractivity contribution in [3.63, 3.8) is 0 Å². The number of aryl methyl sites for hydroxylation is 2. The Morgan fingerprint density at radius 3 is 2.87 bits per heavy atom. The van der Waals surface area contributed by atoms with Crippen LogP contribution >= 0.6 is 0 Å². The molecule has 3 heterocycles. The number of hydrogen-bond acceptors (Lipinski definition) is 5. The number of imidazole rings is 1. The van der Waals surface area contributed by atoms with Gasteiger partial charge in [-0.3, -0.25) is 0 Å². The van der Waals surface area contributed by atoms with Crippen LogP contribution in [0.3, 0.4) is 0 Å². The molecule has 0 radical (unpaired) electrons. The minimum absolute atomic E-state index is 0.654. The Labute approximate surface area is 132 Å². The Morgan fingerprint density at radius 2 is 2.00 bits per heavy atom. The maximum Gasteiger partial charge on any atom is 0.252 e. The van der Waals surface area contributed by atoms with Crippen LogP contribution in [0, 0.1) is 13.8 Å². The van der Waals surface area contributed by atoms with Crippen LogP contribution in [0.4, 0.5) is 5.95 Å². The molecule has 0 atom stereocenters. The third kappa shape index (κ3) is 2.61. The molecule has 4 rings (SSSR count). The molecule has 116 valence electrons. The van der Waals surface area contributed by atoms with Crippen molar-refractivity contribution in [1.29, 1.82) is 0 Å². The normalized spacial score (nSPS) is 11.4. The molecule has 7 nitrogen and oxygen atoms in total. The van der Waals surface area contributed by atoms with Gasteiger partial charge in [0, 0.05) is 24.4 Å². The van der Waals surface area contributed by atoms with Gasteiger partial charge in [-0.2, -0.15) is 4.98 Å². The van der Waals surface area contributed by atoms with E-state index in [0.29, 0.717) is 18.7 Å². The predicted molar refractivity (Wildman–Crippen MR) is 88.5 cm³/mol. The molecule has 0 saturated carbocycles. The van der Waals surface area contributed by atoms with E-state index in [1.807, 2.05) is 44.2 Å². The second kappa shape index (κ2) is 5.35. The quantitative estimate of drug-likeness (QED) is 0.604. The zero-order valence-electron chi connectivity index (χ0n) is 13.0. The molecule has 23 heavy (non-hydrogen) atoms. The first-order valence-corrected chi connectivity index (χ1v) is 7.57. The third-order valence-corrected chi connectivity index (χ3v) is 3.69. The summed E-state index contributed by atoms with van der Waals surface area (Å²) in [6, 6.07) is 9.95. The SMILES string of the molecule is Cc1cc(C)n2nc(CCNc3nc4ccccc4[nH]3)nc2n1. The lowest BCUT2D eigenvalue weighted by Crippen LogP contribution is -2.07. The lowest BCUT2D eigenvalue weighted by molar-refractivity contribution is 0.832. The number of anilines is 1. The molecule has 0 bridgehead atoms. The van der Waals surface area contributed by atoms with Crippen molar-refractivity contribution in [3.8, 4) is 0 Å². The Kier molecular flexibility index (Phi) is 3.18. The van der Waals surface area contributed by atoms with E-state index in [2.05, 4.69) is 30.4 Å². The van der Waals surface area contributed by atoms with Gasteiger partial charge in [-0.1, -0.05) is 12.1 Å². The number of rotatable bonds is 4. The lowest BCUT2D eigenvalue weighted by Gasteiger charge is -1.99. The molecule has 7 heteroatoms. The molecule has 0 aliphatic carbocycles. The highest BCUT2D eigenvalue weighted by Gasteiger charge is 2.08. The van der Waals surface area contributed by atoms with Crippen molar-refractivity contribution in [2.75, 3.05) is 11.9 Å². The van der Waals surface area contributed by atoms with Crippen molar-refractivity contribution >= 4 is 22.8 Å². The highest BCUT2D eigenvalue weighted by molar-refractivity contribution is 5.77. The van der Waals surface area contributed by atoms with Gasteiger partial charge in [0.25, 0.3) is 5.78 Å². The van der Waals surface area contributed by atoms with Crippen LogP contribution < -0.4 is 5.32 Å². The molecular formula is C16H17N7. The van der Waals surface area contributed by atoms with E-state index in [-0.39, 0.29) is 0 Å². The van der Waals surface area contributed by atoms with Crippen molar-refractivity contribution in [1.82, 2.24) is 29.5 Å². The maximum atomic E-state index is 4.50. The number of nitrogens with one attached hydrogen (secondary N) is 2. The molecule has 0 unspecified atom stereocenters. The minimum atomic E-state index is 0.654. The fourth-order valence-corrected chi connectivity index (χ4v) is 2.64. The summed E-state index contributed by atoms with van der Waals surface area (Å²) in [7, 11) is 0. The van der Waals surface area contributed by atoms with Gasteiger partial charge in [-0.15, -0.1) is 5.10 Å². The van der Waals surface area contributed by atoms with E-state index in [1.165, 1.54) is 0 Å². The molecule has 0 aliphatic heterocycles. The Bertz CT molecular complexity index is 950. The maximum absolute atomic E-state index is 4.50. The summed E-state index contributed by atoms with van der Waals surface area (Å²) in [6.45, 7) is 4.67. The van der Waals surface area contributed by atoms with Crippen LogP contribution in [-0.2, 0) is 6.42 Å². The standard InChI is InChI=1S/C16H17N7/c1-10-9-11(2)23-16(18-10)21-14(22-23)7-8-17-15-19-12-5-3-4-6-13(12)20-15/h3-6,9H,7-8H2,1-2H3,(H2,17,19,20). The Hall–Kier alpha value is -2.96. The number of aromatic nitrogens is 6. The number of nitrogens with zero attached hydrogens (tertiary/aromatic N) is 5. The molecule has 1 aromatic carbocycles. The molecular weight excluding hydrogens is 290 g/mol. The van der Waals surface area contributed by atoms with Crippen LogP contribution in [-0.4, -0.2) is 36.1 Å². The number of hydrogen-bond donors (Lipinski definition) is 2. The molecule has 0 saturated heterocycles. The molecule has 2 N–H and O–H groups in total.